The van der Waals surface area contributed by atoms with E-state index in [-0.39, 0.29) is 23.4 Å². The lowest BCUT2D eigenvalue weighted by Gasteiger charge is -2.10. The molecular weight excluding hydrogens is 316 g/mol. The van der Waals surface area contributed by atoms with Crippen LogP contribution in [0.25, 0.3) is 0 Å². The number of aliphatic hydroxyl groups excluding tert-OH is 1. The third-order valence-electron chi connectivity index (χ3n) is 2.81. The molecule has 0 aromatic rings. The van der Waals surface area contributed by atoms with Gasteiger partial charge in [0.15, 0.2) is 0 Å². The molecule has 0 aromatic carbocycles. The molecule has 0 spiro atoms. The van der Waals surface area contributed by atoms with E-state index in [4.69, 9.17) is 9.84 Å². The molecule has 0 unspecified atom stereocenters. The lowest BCUT2D eigenvalue weighted by Crippen LogP contribution is -2.11. The zero-order chi connectivity index (χ0) is 18.7. The first-order chi connectivity index (χ1) is 10.7. The Morgan fingerprint density at radius 2 is 1.35 bits per heavy atom. The van der Waals surface area contributed by atoms with E-state index in [0.717, 1.165) is 19.3 Å². The minimum atomic E-state index is -0.361. The van der Waals surface area contributed by atoms with Crippen LogP contribution in [-0.2, 0) is 14.3 Å². The summed E-state index contributed by atoms with van der Waals surface area (Å²) < 4.78 is 4.96. The van der Waals surface area contributed by atoms with Gasteiger partial charge in [0, 0.05) is 13.8 Å². The number of unbranched alkanes of at least 4 members (excludes halogenated alkanes) is 4. The van der Waals surface area contributed by atoms with Crippen LogP contribution in [0.4, 0.5) is 0 Å². The lowest BCUT2D eigenvalue weighted by atomic mass is 10.1. The molecule has 23 heavy (non-hydrogen) atoms. The van der Waals surface area contributed by atoms with Crippen molar-refractivity contribution in [3.8, 4) is 0 Å². The average Bonchev–Trinajstić information content (AvgIpc) is 2.38. The van der Waals surface area contributed by atoms with E-state index in [0.29, 0.717) is 0 Å². The Balaban J connectivity index is -0.000000292. The predicted molar refractivity (Wildman–Crippen MR) is 97.7 cm³/mol. The Labute approximate surface area is 147 Å². The van der Waals surface area contributed by atoms with Gasteiger partial charge in [0.2, 0.25) is 5.24 Å². The molecule has 5 heteroatoms. The Kier molecular flexibility index (Phi) is 25.3. The molecule has 0 aliphatic carbocycles. The number of ether oxygens (including phenoxy) is 1. The third kappa shape index (κ3) is 44.9. The fourth-order valence-electron chi connectivity index (χ4n) is 1.71. The van der Waals surface area contributed by atoms with Crippen molar-refractivity contribution >= 4 is 22.8 Å². The van der Waals surface area contributed by atoms with E-state index in [1.165, 1.54) is 46.0 Å². The number of esters is 1. The van der Waals surface area contributed by atoms with E-state index in [9.17, 15) is 9.59 Å². The maximum atomic E-state index is 10.5. The highest BCUT2D eigenvalue weighted by molar-refractivity contribution is 6.62. The number of rotatable bonds is 9. The molecule has 0 bridgehead atoms. The Morgan fingerprint density at radius 3 is 1.65 bits per heavy atom. The van der Waals surface area contributed by atoms with Crippen LogP contribution in [0, 0.1) is 0 Å². The monoisotopic (exact) mass is 352 g/mol. The SMILES string of the molecule is CC(=O)Cl.CCCCC[C@H](C)O.CCCCC[C@H](C)OC(C)=O. The summed E-state index contributed by atoms with van der Waals surface area (Å²) in [5.74, 6) is -0.172. The van der Waals surface area contributed by atoms with Crippen LogP contribution in [0.5, 0.6) is 0 Å². The van der Waals surface area contributed by atoms with Crippen LogP contribution >= 0.6 is 11.6 Å². The molecule has 2 atom stereocenters. The van der Waals surface area contributed by atoms with Crippen molar-refractivity contribution in [2.45, 2.75) is 105 Å². The molecule has 0 rings (SSSR count). The summed E-state index contributed by atoms with van der Waals surface area (Å²) in [5, 5.41) is 8.42. The van der Waals surface area contributed by atoms with Gasteiger partial charge >= 0.3 is 5.97 Å². The third-order valence-corrected chi connectivity index (χ3v) is 2.81. The van der Waals surface area contributed by atoms with Gasteiger partial charge in [-0.25, -0.2) is 0 Å². The van der Waals surface area contributed by atoms with Gasteiger partial charge in [0.1, 0.15) is 0 Å². The van der Waals surface area contributed by atoms with Crippen molar-refractivity contribution < 1.29 is 19.4 Å². The number of carbonyl (C=O) groups excluding carboxylic acids is 2. The van der Waals surface area contributed by atoms with Crippen molar-refractivity contribution in [3.63, 3.8) is 0 Å². The fourth-order valence-corrected chi connectivity index (χ4v) is 1.71. The summed E-state index contributed by atoms with van der Waals surface area (Å²) in [6.45, 7) is 10.9. The standard InChI is InChI=1S/C9H18O2.C7H16O.C2H3ClO/c1-4-5-6-7-8(2)11-9(3)10;1-3-4-5-6-7(2)8;1-2(3)4/h8H,4-7H2,1-3H3;7-8H,3-6H2,1-2H3;1H3/t8-;7-;/m00./s1. The summed E-state index contributed by atoms with van der Waals surface area (Å²) in [5.41, 5.74) is 0. The quantitative estimate of drug-likeness (QED) is 0.350. The Morgan fingerprint density at radius 1 is 0.957 bits per heavy atom. The maximum absolute atomic E-state index is 10.5. The molecule has 140 valence electrons. The van der Waals surface area contributed by atoms with Crippen molar-refractivity contribution in [1.82, 2.24) is 0 Å². The molecule has 0 amide bonds. The number of aliphatic hydroxyl groups is 1. The van der Waals surface area contributed by atoms with Crippen LogP contribution in [0.3, 0.4) is 0 Å². The largest absolute Gasteiger partial charge is 0.463 e. The zero-order valence-electron chi connectivity index (χ0n) is 15.9. The van der Waals surface area contributed by atoms with Gasteiger partial charge in [0.25, 0.3) is 0 Å². The molecule has 4 nitrogen and oxygen atoms in total. The summed E-state index contributed by atoms with van der Waals surface area (Å²) in [7, 11) is 0. The van der Waals surface area contributed by atoms with Crippen molar-refractivity contribution in [2.24, 2.45) is 0 Å². The molecular formula is C18H37ClO4. The van der Waals surface area contributed by atoms with Crippen LogP contribution in [0.1, 0.15) is 92.9 Å². The molecule has 0 aliphatic heterocycles. The molecule has 1 N–H and O–H groups in total. The minimum Gasteiger partial charge on any atom is -0.463 e. The van der Waals surface area contributed by atoms with Crippen molar-refractivity contribution in [1.29, 1.82) is 0 Å². The summed E-state index contributed by atoms with van der Waals surface area (Å²) in [4.78, 5) is 19.7. The van der Waals surface area contributed by atoms with E-state index < -0.39 is 0 Å². The normalized spacial score (nSPS) is 12.0. The highest BCUT2D eigenvalue weighted by Crippen LogP contribution is 2.05. The first kappa shape index (κ1) is 27.2. The second-order valence-corrected chi connectivity index (χ2v) is 6.26. The predicted octanol–water partition coefficient (Wildman–Crippen LogP) is 5.24. The number of hydrogen-bond acceptors (Lipinski definition) is 4. The average molecular weight is 353 g/mol. The zero-order valence-corrected chi connectivity index (χ0v) is 16.6. The van der Waals surface area contributed by atoms with Gasteiger partial charge in [-0.2, -0.15) is 0 Å². The first-order valence-electron chi connectivity index (χ1n) is 8.68. The van der Waals surface area contributed by atoms with Crippen LogP contribution < -0.4 is 0 Å². The Hall–Kier alpha value is -0.610. The van der Waals surface area contributed by atoms with Gasteiger partial charge in [-0.3, -0.25) is 9.59 Å². The number of carbonyl (C=O) groups is 2. The van der Waals surface area contributed by atoms with Crippen LogP contribution in [0.2, 0.25) is 0 Å². The van der Waals surface area contributed by atoms with Crippen molar-refractivity contribution in [3.05, 3.63) is 0 Å². The van der Waals surface area contributed by atoms with Gasteiger partial charge in [-0.15, -0.1) is 0 Å². The second kappa shape index (κ2) is 21.4. The molecule has 0 fully saturated rings. The summed E-state index contributed by atoms with van der Waals surface area (Å²) in [6, 6.07) is 0. The fraction of sp³-hybridized carbons (Fsp3) is 0.889. The second-order valence-electron chi connectivity index (χ2n) is 5.73. The van der Waals surface area contributed by atoms with Gasteiger partial charge in [-0.05, 0) is 44.7 Å². The van der Waals surface area contributed by atoms with Gasteiger partial charge < -0.3 is 9.84 Å². The maximum Gasteiger partial charge on any atom is 0.302 e. The summed E-state index contributed by atoms with van der Waals surface area (Å²) >= 11 is 4.64. The highest BCUT2D eigenvalue weighted by Gasteiger charge is 2.03. The molecule has 0 saturated heterocycles. The molecule has 0 radical (unpaired) electrons. The van der Waals surface area contributed by atoms with Crippen LogP contribution in [-0.4, -0.2) is 28.5 Å². The van der Waals surface area contributed by atoms with Gasteiger partial charge in [0.05, 0.1) is 12.2 Å². The number of hydrogen-bond donors (Lipinski definition) is 1. The van der Waals surface area contributed by atoms with E-state index in [2.05, 4.69) is 25.4 Å². The number of halogens is 1. The molecule has 0 saturated carbocycles. The van der Waals surface area contributed by atoms with E-state index >= 15 is 0 Å². The van der Waals surface area contributed by atoms with Crippen LogP contribution in [0.15, 0.2) is 0 Å². The van der Waals surface area contributed by atoms with Crippen molar-refractivity contribution in [2.75, 3.05) is 0 Å². The van der Waals surface area contributed by atoms with Gasteiger partial charge in [-0.1, -0.05) is 46.0 Å². The van der Waals surface area contributed by atoms with E-state index in [1.807, 2.05) is 13.8 Å². The smallest absolute Gasteiger partial charge is 0.302 e. The Bertz CT molecular complexity index is 264. The first-order valence-corrected chi connectivity index (χ1v) is 9.06. The lowest BCUT2D eigenvalue weighted by molar-refractivity contribution is -0.145. The topological polar surface area (TPSA) is 63.6 Å². The molecule has 0 aromatic heterocycles. The van der Waals surface area contributed by atoms with E-state index in [1.54, 1.807) is 0 Å². The highest BCUT2D eigenvalue weighted by atomic mass is 35.5. The molecule has 0 heterocycles. The molecule has 0 aliphatic rings. The summed E-state index contributed by atoms with van der Waals surface area (Å²) in [6.07, 6.45) is 9.23. The minimum absolute atomic E-state index is 0.0958.